The molecule has 4 nitrogen and oxygen atoms in total. The van der Waals surface area contributed by atoms with Gasteiger partial charge in [0.25, 0.3) is 0 Å². The van der Waals surface area contributed by atoms with E-state index < -0.39 is 0 Å². The van der Waals surface area contributed by atoms with Gasteiger partial charge in [-0.25, -0.2) is 0 Å². The smallest absolute Gasteiger partial charge is 0.107 e. The number of nitrogens with two attached hydrogens (primary N) is 2. The summed E-state index contributed by atoms with van der Waals surface area (Å²) < 4.78 is 0. The average Bonchev–Trinajstić information content (AvgIpc) is 1.35. The fraction of sp³-hybridized carbons (Fsp3) is 1.00. The monoisotopic (exact) mass is 91.1 g/mol. The molecule has 38 valence electrons. The Labute approximate surface area is 36.3 Å². The van der Waals surface area contributed by atoms with Crippen LogP contribution in [-0.4, -0.2) is 13.1 Å². The average molecular weight is 91.1 g/mol. The highest BCUT2D eigenvalue weighted by atomic mass is 16.5. The molecule has 1 atom stereocenters. The van der Waals surface area contributed by atoms with Gasteiger partial charge in [-0.15, -0.1) is 0 Å². The van der Waals surface area contributed by atoms with Crippen molar-refractivity contribution < 1.29 is 5.17 Å². The van der Waals surface area contributed by atoms with Crippen molar-refractivity contribution in [1.29, 1.82) is 0 Å². The van der Waals surface area contributed by atoms with E-state index in [1.54, 1.807) is 0 Å². The predicted octanol–water partition coefficient (Wildman–Crippen LogP) is -2.80. The van der Waals surface area contributed by atoms with Gasteiger partial charge in [0.1, 0.15) is 6.54 Å². The van der Waals surface area contributed by atoms with Crippen LogP contribution < -0.4 is 16.7 Å². The zero-order chi connectivity index (χ0) is 4.99. The van der Waals surface area contributed by atoms with Gasteiger partial charge in [0.2, 0.25) is 0 Å². The molecule has 4 heteroatoms. The Bertz CT molecular complexity index is 30.0. The molecule has 0 radical (unpaired) electrons. The van der Waals surface area contributed by atoms with E-state index in [1.165, 1.54) is 0 Å². The summed E-state index contributed by atoms with van der Waals surface area (Å²) in [5, 5.41) is 9.41. The highest BCUT2D eigenvalue weighted by Crippen LogP contribution is 1.27. The van der Waals surface area contributed by atoms with Crippen LogP contribution in [0.3, 0.4) is 0 Å². The second kappa shape index (κ2) is 3.05. The zero-order valence-corrected chi connectivity index (χ0v) is 3.48. The van der Waals surface area contributed by atoms with Gasteiger partial charge >= 0.3 is 0 Å². The van der Waals surface area contributed by atoms with Crippen LogP contribution >= 0.6 is 0 Å². The van der Waals surface area contributed by atoms with Gasteiger partial charge in [0, 0.05) is 6.54 Å². The minimum Gasteiger partial charge on any atom is -0.613 e. The van der Waals surface area contributed by atoms with Crippen LogP contribution in [0.15, 0.2) is 0 Å². The third-order valence-corrected chi connectivity index (χ3v) is 0.391. The van der Waals surface area contributed by atoms with Crippen molar-refractivity contribution in [2.24, 2.45) is 11.6 Å². The summed E-state index contributed by atoms with van der Waals surface area (Å²) in [6.45, 7) is 0.648. The van der Waals surface area contributed by atoms with Gasteiger partial charge in [-0.3, -0.25) is 5.17 Å². The molecule has 0 fully saturated rings. The van der Waals surface area contributed by atoms with Crippen molar-refractivity contribution in [3.63, 3.8) is 0 Å². The first-order valence-corrected chi connectivity index (χ1v) is 1.75. The van der Waals surface area contributed by atoms with E-state index in [4.69, 9.17) is 5.73 Å². The van der Waals surface area contributed by atoms with Gasteiger partial charge in [-0.1, -0.05) is 0 Å². The topological polar surface area (TPSA) is 79.5 Å². The van der Waals surface area contributed by atoms with Crippen LogP contribution in [0.1, 0.15) is 0 Å². The Morgan fingerprint density at radius 2 is 2.17 bits per heavy atom. The molecule has 6 heavy (non-hydrogen) atoms. The molecule has 0 rings (SSSR count). The van der Waals surface area contributed by atoms with E-state index in [0.717, 1.165) is 0 Å². The summed E-state index contributed by atoms with van der Waals surface area (Å²) in [4.78, 5) is 0. The molecule has 0 heterocycles. The van der Waals surface area contributed by atoms with E-state index in [0.29, 0.717) is 13.1 Å². The summed E-state index contributed by atoms with van der Waals surface area (Å²) in [5.41, 5.74) is 4.93. The lowest BCUT2D eigenvalue weighted by atomic mass is 10.7. The molecule has 0 bridgehead atoms. The van der Waals surface area contributed by atoms with Crippen LogP contribution in [0, 0.1) is 5.21 Å². The van der Waals surface area contributed by atoms with E-state index in [-0.39, 0.29) is 5.17 Å². The Morgan fingerprint density at radius 1 is 1.67 bits per heavy atom. The number of quaternary nitrogens is 1. The minimum atomic E-state index is -0.336. The molecule has 0 aliphatic rings. The molecule has 5 N–H and O–H groups in total. The van der Waals surface area contributed by atoms with Crippen LogP contribution in [-0.2, 0) is 0 Å². The third kappa shape index (κ3) is 3.84. The summed E-state index contributed by atoms with van der Waals surface area (Å²) in [5.74, 6) is 4.68. The van der Waals surface area contributed by atoms with Gasteiger partial charge in [0.05, 0.1) is 0 Å². The molecular formula is C2H9N3O. The van der Waals surface area contributed by atoms with Gasteiger partial charge in [0.15, 0.2) is 0 Å². The van der Waals surface area contributed by atoms with Crippen LogP contribution in [0.25, 0.3) is 0 Å². The lowest BCUT2D eigenvalue weighted by Gasteiger charge is -2.11. The summed E-state index contributed by atoms with van der Waals surface area (Å²) >= 11 is 0. The Hall–Kier alpha value is -0.160. The molecule has 1 unspecified atom stereocenters. The standard InChI is InChI=1S/C2H9N3O/c3-1-2-5(4)6/h5H,1-4H2. The SMILES string of the molecule is NCC[NH+](N)[O-]. The Balaban J connectivity index is 2.63. The zero-order valence-electron chi connectivity index (χ0n) is 3.48. The highest BCUT2D eigenvalue weighted by Gasteiger charge is 1.78. The van der Waals surface area contributed by atoms with E-state index in [1.807, 2.05) is 0 Å². The van der Waals surface area contributed by atoms with Crippen molar-refractivity contribution in [2.75, 3.05) is 13.1 Å². The number of hydroxylamine groups is 1. The number of hydrogen-bond acceptors (Lipinski definition) is 3. The predicted molar refractivity (Wildman–Crippen MR) is 22.4 cm³/mol. The molecule has 0 spiro atoms. The Morgan fingerprint density at radius 3 is 2.17 bits per heavy atom. The van der Waals surface area contributed by atoms with Crippen molar-refractivity contribution in [3.05, 3.63) is 5.21 Å². The summed E-state index contributed by atoms with van der Waals surface area (Å²) in [6, 6.07) is 0. The van der Waals surface area contributed by atoms with Crippen LogP contribution in [0.5, 0.6) is 0 Å². The fourth-order valence-electron chi connectivity index (χ4n) is 0.142. The van der Waals surface area contributed by atoms with Crippen LogP contribution in [0.2, 0.25) is 0 Å². The quantitative estimate of drug-likeness (QED) is 0.254. The first-order chi connectivity index (χ1) is 2.77. The largest absolute Gasteiger partial charge is 0.613 e. The van der Waals surface area contributed by atoms with Crippen molar-refractivity contribution in [1.82, 2.24) is 0 Å². The normalized spacial score (nSPS) is 14.5. The number of rotatable bonds is 2. The lowest BCUT2D eigenvalue weighted by Crippen LogP contribution is -3.13. The molecule has 0 aromatic carbocycles. The van der Waals surface area contributed by atoms with Crippen LogP contribution in [0.4, 0.5) is 0 Å². The minimum absolute atomic E-state index is 0.292. The second-order valence-corrected chi connectivity index (χ2v) is 1.00. The maximum Gasteiger partial charge on any atom is 0.107 e. The molecule has 0 saturated heterocycles. The summed E-state index contributed by atoms with van der Waals surface area (Å²) in [7, 11) is 0. The van der Waals surface area contributed by atoms with Gasteiger partial charge < -0.3 is 10.9 Å². The third-order valence-electron chi connectivity index (χ3n) is 0.391. The second-order valence-electron chi connectivity index (χ2n) is 1.00. The molecule has 0 aromatic heterocycles. The Kier molecular flexibility index (Phi) is 2.97. The molecule has 0 aliphatic heterocycles. The first kappa shape index (κ1) is 5.84. The van der Waals surface area contributed by atoms with Crippen molar-refractivity contribution >= 4 is 0 Å². The fourth-order valence-corrected chi connectivity index (χ4v) is 0.142. The molecule has 0 saturated carbocycles. The maximum atomic E-state index is 9.74. The highest BCUT2D eigenvalue weighted by molar-refractivity contribution is 4.21. The molecule has 0 aliphatic carbocycles. The molecule has 0 aromatic rings. The van der Waals surface area contributed by atoms with Gasteiger partial charge in [-0.05, 0) is 0 Å². The van der Waals surface area contributed by atoms with Crippen molar-refractivity contribution in [2.45, 2.75) is 0 Å². The van der Waals surface area contributed by atoms with E-state index in [2.05, 4.69) is 5.84 Å². The lowest BCUT2D eigenvalue weighted by molar-refractivity contribution is -0.859. The summed E-state index contributed by atoms with van der Waals surface area (Å²) in [6.07, 6.45) is 0. The molecule has 0 amide bonds. The van der Waals surface area contributed by atoms with E-state index >= 15 is 0 Å². The van der Waals surface area contributed by atoms with Crippen molar-refractivity contribution in [3.8, 4) is 0 Å². The van der Waals surface area contributed by atoms with Gasteiger partial charge in [-0.2, -0.15) is 5.84 Å². The number of hydrogen-bond donors (Lipinski definition) is 3. The first-order valence-electron chi connectivity index (χ1n) is 1.75. The number of nitrogens with one attached hydrogen (secondary N) is 1. The van der Waals surface area contributed by atoms with E-state index in [9.17, 15) is 5.21 Å². The maximum absolute atomic E-state index is 9.74. The molecular weight excluding hydrogens is 82.0 g/mol.